The SMILES string of the molecule is CC(C)CC(CN(C)C)NCc1ccc(C#N)cc1F. The van der Waals surface area contributed by atoms with Crippen molar-refractivity contribution in [3.63, 3.8) is 0 Å². The van der Waals surface area contributed by atoms with Gasteiger partial charge < -0.3 is 10.2 Å². The number of likely N-dealkylation sites (N-methyl/N-ethyl adjacent to an activating group) is 1. The normalized spacial score (nSPS) is 12.7. The van der Waals surface area contributed by atoms with Gasteiger partial charge in [-0.15, -0.1) is 0 Å². The largest absolute Gasteiger partial charge is 0.309 e. The lowest BCUT2D eigenvalue weighted by Gasteiger charge is -2.24. The summed E-state index contributed by atoms with van der Waals surface area (Å²) in [5.41, 5.74) is 0.967. The van der Waals surface area contributed by atoms with Gasteiger partial charge in [0.15, 0.2) is 0 Å². The van der Waals surface area contributed by atoms with Crippen LogP contribution in [-0.4, -0.2) is 31.6 Å². The van der Waals surface area contributed by atoms with E-state index in [2.05, 4.69) is 24.1 Å². The van der Waals surface area contributed by atoms with E-state index in [1.54, 1.807) is 12.1 Å². The molecule has 0 heterocycles. The van der Waals surface area contributed by atoms with Crippen LogP contribution in [0.5, 0.6) is 0 Å². The first-order valence-electron chi connectivity index (χ1n) is 6.99. The number of nitrogens with one attached hydrogen (secondary N) is 1. The van der Waals surface area contributed by atoms with E-state index in [4.69, 9.17) is 5.26 Å². The van der Waals surface area contributed by atoms with Gasteiger partial charge in [-0.05, 0) is 38.6 Å². The Morgan fingerprint density at radius 3 is 2.55 bits per heavy atom. The lowest BCUT2D eigenvalue weighted by molar-refractivity contribution is 0.304. The Hall–Kier alpha value is -1.44. The van der Waals surface area contributed by atoms with Gasteiger partial charge in [-0.1, -0.05) is 19.9 Å². The average molecular weight is 277 g/mol. The van der Waals surface area contributed by atoms with E-state index in [0.717, 1.165) is 13.0 Å². The second kappa shape index (κ2) is 7.98. The second-order valence-electron chi connectivity index (χ2n) is 5.89. The number of benzene rings is 1. The highest BCUT2D eigenvalue weighted by Crippen LogP contribution is 2.11. The van der Waals surface area contributed by atoms with E-state index >= 15 is 0 Å². The molecule has 1 aromatic carbocycles. The first-order chi connectivity index (χ1) is 9.42. The molecule has 0 fully saturated rings. The van der Waals surface area contributed by atoms with Crippen LogP contribution in [0.3, 0.4) is 0 Å². The van der Waals surface area contributed by atoms with Gasteiger partial charge in [0.1, 0.15) is 5.82 Å². The van der Waals surface area contributed by atoms with Gasteiger partial charge in [0, 0.05) is 24.7 Å². The minimum absolute atomic E-state index is 0.315. The summed E-state index contributed by atoms with van der Waals surface area (Å²) in [7, 11) is 4.08. The Balaban J connectivity index is 2.64. The molecule has 4 heteroatoms. The third kappa shape index (κ3) is 5.68. The number of halogens is 1. The molecule has 0 amide bonds. The average Bonchev–Trinajstić information content (AvgIpc) is 2.35. The quantitative estimate of drug-likeness (QED) is 0.833. The fraction of sp³-hybridized carbons (Fsp3) is 0.562. The molecule has 3 nitrogen and oxygen atoms in total. The number of nitrogens with zero attached hydrogens (tertiary/aromatic N) is 2. The molecule has 0 radical (unpaired) electrons. The van der Waals surface area contributed by atoms with E-state index in [1.165, 1.54) is 6.07 Å². The molecule has 0 aliphatic carbocycles. The fourth-order valence-electron chi connectivity index (χ4n) is 2.25. The minimum Gasteiger partial charge on any atom is -0.309 e. The molecule has 1 aromatic rings. The van der Waals surface area contributed by atoms with E-state index in [0.29, 0.717) is 29.6 Å². The Labute approximate surface area is 121 Å². The van der Waals surface area contributed by atoms with Crippen molar-refractivity contribution in [3.05, 3.63) is 35.1 Å². The molecule has 1 N–H and O–H groups in total. The Bertz CT molecular complexity index is 453. The van der Waals surface area contributed by atoms with Crippen molar-refractivity contribution in [3.8, 4) is 6.07 Å². The maximum Gasteiger partial charge on any atom is 0.129 e. The second-order valence-corrected chi connectivity index (χ2v) is 5.89. The monoisotopic (exact) mass is 277 g/mol. The summed E-state index contributed by atoms with van der Waals surface area (Å²) in [4.78, 5) is 2.13. The highest BCUT2D eigenvalue weighted by Gasteiger charge is 2.12. The van der Waals surface area contributed by atoms with Crippen molar-refractivity contribution < 1.29 is 4.39 Å². The van der Waals surface area contributed by atoms with Crippen LogP contribution < -0.4 is 5.32 Å². The molecule has 1 unspecified atom stereocenters. The van der Waals surface area contributed by atoms with Crippen LogP contribution in [0.25, 0.3) is 0 Å². The molecular formula is C16H24FN3. The molecule has 1 atom stereocenters. The molecule has 110 valence electrons. The predicted molar refractivity (Wildman–Crippen MR) is 79.8 cm³/mol. The molecule has 0 aromatic heterocycles. The summed E-state index contributed by atoms with van der Waals surface area (Å²) < 4.78 is 13.8. The summed E-state index contributed by atoms with van der Waals surface area (Å²) in [6.45, 7) is 5.79. The smallest absolute Gasteiger partial charge is 0.129 e. The van der Waals surface area contributed by atoms with Crippen molar-refractivity contribution in [1.82, 2.24) is 10.2 Å². The summed E-state index contributed by atoms with van der Waals surface area (Å²) in [6.07, 6.45) is 1.05. The van der Waals surface area contributed by atoms with Gasteiger partial charge in [-0.2, -0.15) is 5.26 Å². The van der Waals surface area contributed by atoms with Crippen LogP contribution in [0.1, 0.15) is 31.4 Å². The van der Waals surface area contributed by atoms with Crippen molar-refractivity contribution in [2.24, 2.45) is 5.92 Å². The van der Waals surface area contributed by atoms with Crippen molar-refractivity contribution in [2.45, 2.75) is 32.9 Å². The molecule has 20 heavy (non-hydrogen) atoms. The fourth-order valence-corrected chi connectivity index (χ4v) is 2.25. The molecule has 0 aliphatic heterocycles. The van der Waals surface area contributed by atoms with Crippen LogP contribution in [0.2, 0.25) is 0 Å². The van der Waals surface area contributed by atoms with Crippen LogP contribution in [0.15, 0.2) is 18.2 Å². The zero-order valence-electron chi connectivity index (χ0n) is 12.8. The highest BCUT2D eigenvalue weighted by molar-refractivity contribution is 5.32. The maximum atomic E-state index is 13.8. The zero-order chi connectivity index (χ0) is 15.1. The first-order valence-corrected chi connectivity index (χ1v) is 6.99. The standard InChI is InChI=1S/C16H24FN3/c1-12(2)7-15(11-20(3)4)19-10-14-6-5-13(9-18)8-16(14)17/h5-6,8,12,15,19H,7,10-11H2,1-4H3. The molecule has 0 bridgehead atoms. The maximum absolute atomic E-state index is 13.8. The lowest BCUT2D eigenvalue weighted by Crippen LogP contribution is -2.39. The van der Waals surface area contributed by atoms with E-state index in [-0.39, 0.29) is 5.82 Å². The first kappa shape index (κ1) is 16.6. The van der Waals surface area contributed by atoms with Gasteiger partial charge in [0.25, 0.3) is 0 Å². The number of hydrogen-bond acceptors (Lipinski definition) is 3. The van der Waals surface area contributed by atoms with E-state index in [9.17, 15) is 4.39 Å². The summed E-state index contributed by atoms with van der Waals surface area (Å²) in [5, 5.41) is 12.1. The Morgan fingerprint density at radius 1 is 1.35 bits per heavy atom. The zero-order valence-corrected chi connectivity index (χ0v) is 12.8. The molecule has 0 aliphatic rings. The Kier molecular flexibility index (Phi) is 6.63. The van der Waals surface area contributed by atoms with Crippen LogP contribution in [-0.2, 0) is 6.54 Å². The van der Waals surface area contributed by atoms with Gasteiger partial charge in [-0.3, -0.25) is 0 Å². The highest BCUT2D eigenvalue weighted by atomic mass is 19.1. The molecule has 0 saturated heterocycles. The van der Waals surface area contributed by atoms with E-state index in [1.807, 2.05) is 20.2 Å². The summed E-state index contributed by atoms with van der Waals surface area (Å²) in [6, 6.07) is 6.91. The van der Waals surface area contributed by atoms with E-state index < -0.39 is 0 Å². The summed E-state index contributed by atoms with van der Waals surface area (Å²) in [5.74, 6) is 0.281. The van der Waals surface area contributed by atoms with Crippen molar-refractivity contribution >= 4 is 0 Å². The van der Waals surface area contributed by atoms with Gasteiger partial charge in [-0.25, -0.2) is 4.39 Å². The molecule has 0 saturated carbocycles. The third-order valence-corrected chi connectivity index (χ3v) is 3.10. The minimum atomic E-state index is -0.315. The van der Waals surface area contributed by atoms with Crippen LogP contribution in [0.4, 0.5) is 4.39 Å². The Morgan fingerprint density at radius 2 is 2.05 bits per heavy atom. The third-order valence-electron chi connectivity index (χ3n) is 3.10. The lowest BCUT2D eigenvalue weighted by atomic mass is 10.0. The van der Waals surface area contributed by atoms with Crippen LogP contribution in [0, 0.1) is 23.1 Å². The molecule has 1 rings (SSSR count). The number of nitriles is 1. The van der Waals surface area contributed by atoms with Gasteiger partial charge >= 0.3 is 0 Å². The van der Waals surface area contributed by atoms with Crippen molar-refractivity contribution in [1.29, 1.82) is 5.26 Å². The van der Waals surface area contributed by atoms with Crippen molar-refractivity contribution in [2.75, 3.05) is 20.6 Å². The molecule has 0 spiro atoms. The van der Waals surface area contributed by atoms with Gasteiger partial charge in [0.2, 0.25) is 0 Å². The predicted octanol–water partition coefficient (Wildman–Crippen LogP) is 2.76. The molecular weight excluding hydrogens is 253 g/mol. The number of rotatable bonds is 7. The summed E-state index contributed by atoms with van der Waals surface area (Å²) >= 11 is 0. The topological polar surface area (TPSA) is 39.1 Å². The van der Waals surface area contributed by atoms with Crippen LogP contribution >= 0.6 is 0 Å². The van der Waals surface area contributed by atoms with Gasteiger partial charge in [0.05, 0.1) is 11.6 Å². The number of hydrogen-bond donors (Lipinski definition) is 1.